The second-order valence-electron chi connectivity index (χ2n) is 4.69. The first-order valence-electron chi connectivity index (χ1n) is 6.15. The fraction of sp³-hybridized carbons (Fsp3) is 0.214. The van der Waals surface area contributed by atoms with Crippen LogP contribution in [0.1, 0.15) is 16.8 Å². The molecule has 0 aliphatic rings. The minimum atomic E-state index is -3.70. The van der Waals surface area contributed by atoms with E-state index in [0.717, 1.165) is 11.3 Å². The molecule has 0 aliphatic carbocycles. The molecule has 1 aromatic heterocycles. The van der Waals surface area contributed by atoms with Crippen molar-refractivity contribution < 1.29 is 8.42 Å². The Hall–Kier alpha value is -1.92. The lowest BCUT2D eigenvalue weighted by Gasteiger charge is -2.10. The van der Waals surface area contributed by atoms with Crippen molar-refractivity contribution in [3.8, 4) is 0 Å². The highest BCUT2D eigenvalue weighted by Crippen LogP contribution is 2.19. The number of aryl methyl sites for hydroxylation is 2. The van der Waals surface area contributed by atoms with Gasteiger partial charge in [-0.25, -0.2) is 13.6 Å². The number of nitrogens with one attached hydrogen (secondary N) is 1. The van der Waals surface area contributed by atoms with Gasteiger partial charge in [0.15, 0.2) is 0 Å². The summed E-state index contributed by atoms with van der Waals surface area (Å²) in [5, 5.41) is 8.34. The molecule has 1 aromatic carbocycles. The van der Waals surface area contributed by atoms with E-state index >= 15 is 0 Å². The SMILES string of the molecule is Cc1ccc(CNc2ccc(C)c(S(N)(=O)=O)c2)cn1. The number of aromatic nitrogens is 1. The zero-order chi connectivity index (χ0) is 14.8. The van der Waals surface area contributed by atoms with Gasteiger partial charge < -0.3 is 5.32 Å². The molecule has 0 fully saturated rings. The third-order valence-corrected chi connectivity index (χ3v) is 4.02. The minimum absolute atomic E-state index is 0.143. The fourth-order valence-electron chi connectivity index (χ4n) is 1.82. The lowest BCUT2D eigenvalue weighted by atomic mass is 10.2. The van der Waals surface area contributed by atoms with Crippen LogP contribution in [-0.4, -0.2) is 13.4 Å². The van der Waals surface area contributed by atoms with Gasteiger partial charge in [-0.05, 0) is 43.2 Å². The first-order chi connectivity index (χ1) is 9.36. The molecule has 3 N–H and O–H groups in total. The monoisotopic (exact) mass is 291 g/mol. The number of rotatable bonds is 4. The second kappa shape index (κ2) is 5.60. The highest BCUT2D eigenvalue weighted by atomic mass is 32.2. The first-order valence-corrected chi connectivity index (χ1v) is 7.70. The molecule has 0 unspecified atom stereocenters. The van der Waals surface area contributed by atoms with Crippen molar-refractivity contribution in [2.45, 2.75) is 25.3 Å². The highest BCUT2D eigenvalue weighted by molar-refractivity contribution is 7.89. The van der Waals surface area contributed by atoms with Gasteiger partial charge in [0, 0.05) is 24.1 Å². The largest absolute Gasteiger partial charge is 0.381 e. The quantitative estimate of drug-likeness (QED) is 0.901. The van der Waals surface area contributed by atoms with Gasteiger partial charge in [-0.1, -0.05) is 12.1 Å². The first kappa shape index (κ1) is 14.5. The van der Waals surface area contributed by atoms with E-state index in [1.165, 1.54) is 0 Å². The summed E-state index contributed by atoms with van der Waals surface area (Å²) in [5.74, 6) is 0. The number of pyridine rings is 1. The van der Waals surface area contributed by atoms with E-state index in [1.54, 1.807) is 25.3 Å². The van der Waals surface area contributed by atoms with Crippen molar-refractivity contribution in [1.29, 1.82) is 0 Å². The van der Waals surface area contributed by atoms with Gasteiger partial charge in [-0.15, -0.1) is 0 Å². The van der Waals surface area contributed by atoms with Crippen LogP contribution < -0.4 is 10.5 Å². The Morgan fingerprint density at radius 3 is 2.55 bits per heavy atom. The van der Waals surface area contributed by atoms with Crippen molar-refractivity contribution >= 4 is 15.7 Å². The Morgan fingerprint density at radius 2 is 1.95 bits per heavy atom. The smallest absolute Gasteiger partial charge is 0.238 e. The van der Waals surface area contributed by atoms with Gasteiger partial charge in [0.25, 0.3) is 0 Å². The summed E-state index contributed by atoms with van der Waals surface area (Å²) < 4.78 is 22.9. The lowest BCUT2D eigenvalue weighted by molar-refractivity contribution is 0.597. The van der Waals surface area contributed by atoms with Crippen molar-refractivity contribution in [1.82, 2.24) is 4.98 Å². The molecule has 106 valence electrons. The predicted octanol–water partition coefficient (Wildman–Crippen LogP) is 1.96. The molecule has 1 heterocycles. The van der Waals surface area contributed by atoms with Crippen molar-refractivity contribution in [2.24, 2.45) is 5.14 Å². The molecule has 2 rings (SSSR count). The van der Waals surface area contributed by atoms with Crippen molar-refractivity contribution in [2.75, 3.05) is 5.32 Å². The van der Waals surface area contributed by atoms with Crippen LogP contribution in [0.2, 0.25) is 0 Å². The van der Waals surface area contributed by atoms with Crippen LogP contribution >= 0.6 is 0 Å². The molecule has 0 aliphatic heterocycles. The highest BCUT2D eigenvalue weighted by Gasteiger charge is 2.11. The normalized spacial score (nSPS) is 11.3. The van der Waals surface area contributed by atoms with Crippen molar-refractivity contribution in [3.63, 3.8) is 0 Å². The lowest BCUT2D eigenvalue weighted by Crippen LogP contribution is -2.14. The summed E-state index contributed by atoms with van der Waals surface area (Å²) >= 11 is 0. The maximum absolute atomic E-state index is 11.5. The average molecular weight is 291 g/mol. The van der Waals surface area contributed by atoms with Gasteiger partial charge >= 0.3 is 0 Å². The van der Waals surface area contributed by atoms with E-state index in [-0.39, 0.29) is 4.90 Å². The standard InChI is InChI=1S/C14H17N3O2S/c1-10-3-6-13(7-14(10)20(15,18)19)17-9-12-5-4-11(2)16-8-12/h3-8,17H,9H2,1-2H3,(H2,15,18,19). The Kier molecular flexibility index (Phi) is 4.06. The Balaban J connectivity index is 2.16. The molecule has 0 bridgehead atoms. The number of primary sulfonamides is 1. The number of hydrogen-bond donors (Lipinski definition) is 2. The van der Waals surface area contributed by atoms with Crippen LogP contribution in [0.15, 0.2) is 41.4 Å². The van der Waals surface area contributed by atoms with E-state index in [9.17, 15) is 8.42 Å². The molecule has 0 amide bonds. The van der Waals surface area contributed by atoms with E-state index in [0.29, 0.717) is 17.8 Å². The van der Waals surface area contributed by atoms with Crippen LogP contribution in [0.3, 0.4) is 0 Å². The number of nitrogens with two attached hydrogens (primary N) is 1. The maximum atomic E-state index is 11.5. The topological polar surface area (TPSA) is 85.1 Å². The molecular weight excluding hydrogens is 274 g/mol. The van der Waals surface area contributed by atoms with Gasteiger partial charge in [0.05, 0.1) is 4.90 Å². The molecular formula is C14H17N3O2S. The summed E-state index contributed by atoms with van der Waals surface area (Å²) in [7, 11) is -3.70. The summed E-state index contributed by atoms with van der Waals surface area (Å²) in [6.45, 7) is 4.21. The Morgan fingerprint density at radius 1 is 1.20 bits per heavy atom. The summed E-state index contributed by atoms with van der Waals surface area (Å²) in [6.07, 6.45) is 1.79. The molecule has 2 aromatic rings. The zero-order valence-corrected chi connectivity index (χ0v) is 12.2. The molecule has 0 atom stereocenters. The molecule has 0 spiro atoms. The third-order valence-electron chi connectivity index (χ3n) is 2.96. The Bertz CT molecular complexity index is 710. The fourth-order valence-corrected chi connectivity index (χ4v) is 2.63. The number of hydrogen-bond acceptors (Lipinski definition) is 4. The molecule has 0 saturated carbocycles. The maximum Gasteiger partial charge on any atom is 0.238 e. The van der Waals surface area contributed by atoms with Crippen LogP contribution in [0.5, 0.6) is 0 Å². The van der Waals surface area contributed by atoms with Crippen molar-refractivity contribution in [3.05, 3.63) is 53.3 Å². The number of benzene rings is 1. The molecule has 5 nitrogen and oxygen atoms in total. The Labute approximate surface area is 118 Å². The molecule has 0 radical (unpaired) electrons. The number of anilines is 1. The van der Waals surface area contributed by atoms with Gasteiger partial charge in [0.1, 0.15) is 0 Å². The van der Waals surface area contributed by atoms with Crippen LogP contribution in [0, 0.1) is 13.8 Å². The summed E-state index contributed by atoms with van der Waals surface area (Å²) in [4.78, 5) is 4.35. The van der Waals surface area contributed by atoms with Crippen LogP contribution in [-0.2, 0) is 16.6 Å². The zero-order valence-electron chi connectivity index (χ0n) is 11.4. The minimum Gasteiger partial charge on any atom is -0.381 e. The summed E-state index contributed by atoms with van der Waals surface area (Å²) in [6, 6.07) is 9.01. The average Bonchev–Trinajstić information content (AvgIpc) is 2.38. The van der Waals surface area contributed by atoms with E-state index in [2.05, 4.69) is 10.3 Å². The molecule has 0 saturated heterocycles. The third kappa shape index (κ3) is 3.55. The number of nitrogens with zero attached hydrogens (tertiary/aromatic N) is 1. The van der Waals surface area contributed by atoms with Crippen LogP contribution in [0.4, 0.5) is 5.69 Å². The molecule has 6 heteroatoms. The van der Waals surface area contributed by atoms with E-state index < -0.39 is 10.0 Å². The van der Waals surface area contributed by atoms with Gasteiger partial charge in [-0.3, -0.25) is 4.98 Å². The van der Waals surface area contributed by atoms with E-state index in [1.807, 2.05) is 25.1 Å². The number of sulfonamides is 1. The van der Waals surface area contributed by atoms with E-state index in [4.69, 9.17) is 5.14 Å². The second-order valence-corrected chi connectivity index (χ2v) is 6.22. The van der Waals surface area contributed by atoms with Crippen LogP contribution in [0.25, 0.3) is 0 Å². The van der Waals surface area contributed by atoms with Gasteiger partial charge in [-0.2, -0.15) is 0 Å². The van der Waals surface area contributed by atoms with Gasteiger partial charge in [0.2, 0.25) is 10.0 Å². The molecule has 20 heavy (non-hydrogen) atoms. The predicted molar refractivity (Wildman–Crippen MR) is 78.9 cm³/mol. The summed E-state index contributed by atoms with van der Waals surface area (Å²) in [5.41, 5.74) is 3.32.